The number of halogens is 1. The minimum Gasteiger partial charge on any atom is -0.491 e. The summed E-state index contributed by atoms with van der Waals surface area (Å²) in [5.41, 5.74) is 0. The number of aliphatic hydroxyl groups is 1. The molecule has 0 saturated heterocycles. The van der Waals surface area contributed by atoms with Crippen LogP contribution in [0.4, 0.5) is 0 Å². The Bertz CT molecular complexity index is 561. The van der Waals surface area contributed by atoms with E-state index >= 15 is 0 Å². The minimum atomic E-state index is -0.580. The summed E-state index contributed by atoms with van der Waals surface area (Å²) in [6.45, 7) is 1.40. The summed E-state index contributed by atoms with van der Waals surface area (Å²) in [4.78, 5) is 0. The van der Waals surface area contributed by atoms with Gasteiger partial charge in [0.2, 0.25) is 0 Å². The predicted molar refractivity (Wildman–Crippen MR) is 80.5 cm³/mol. The van der Waals surface area contributed by atoms with Gasteiger partial charge in [0.25, 0.3) is 0 Å². The predicted octanol–water partition coefficient (Wildman–Crippen LogP) is 1.04. The van der Waals surface area contributed by atoms with E-state index in [9.17, 15) is 5.11 Å². The molecule has 0 spiro atoms. The lowest BCUT2D eigenvalue weighted by Crippen LogP contribution is -2.32. The number of rotatable bonds is 8. The average molecular weight is 311 g/mol. The highest BCUT2D eigenvalue weighted by atomic mass is 35.5. The fourth-order valence-corrected chi connectivity index (χ4v) is 1.99. The van der Waals surface area contributed by atoms with Crippen molar-refractivity contribution in [1.82, 2.24) is 20.1 Å². The molecule has 21 heavy (non-hydrogen) atoms. The Kier molecular flexibility index (Phi) is 5.98. The first-order valence-electron chi connectivity index (χ1n) is 6.75. The van der Waals surface area contributed by atoms with E-state index < -0.39 is 6.10 Å². The fraction of sp³-hybridized carbons (Fsp3) is 0.429. The van der Waals surface area contributed by atoms with Gasteiger partial charge in [0, 0.05) is 31.6 Å². The summed E-state index contributed by atoms with van der Waals surface area (Å²) in [5.74, 6) is 1.56. The highest BCUT2D eigenvalue weighted by Gasteiger charge is 2.06. The maximum Gasteiger partial charge on any atom is 0.133 e. The third-order valence-corrected chi connectivity index (χ3v) is 3.18. The molecule has 114 valence electrons. The molecule has 1 aromatic carbocycles. The molecule has 0 bridgehead atoms. The van der Waals surface area contributed by atoms with E-state index in [1.807, 2.05) is 17.7 Å². The van der Waals surface area contributed by atoms with E-state index in [0.29, 0.717) is 17.3 Å². The Morgan fingerprint density at radius 2 is 2.33 bits per heavy atom. The SMILES string of the molecule is Cn1cnnc1CCNCC(O)COc1cccc(Cl)c1. The molecule has 0 fully saturated rings. The Labute approximate surface area is 128 Å². The fourth-order valence-electron chi connectivity index (χ4n) is 1.81. The maximum absolute atomic E-state index is 9.84. The van der Waals surface area contributed by atoms with Crippen molar-refractivity contribution in [3.8, 4) is 5.75 Å². The zero-order valence-corrected chi connectivity index (χ0v) is 12.6. The van der Waals surface area contributed by atoms with Crippen LogP contribution in [0, 0.1) is 0 Å². The van der Waals surface area contributed by atoms with Gasteiger partial charge in [-0.15, -0.1) is 10.2 Å². The molecule has 1 aromatic heterocycles. The van der Waals surface area contributed by atoms with Crippen molar-refractivity contribution in [2.45, 2.75) is 12.5 Å². The van der Waals surface area contributed by atoms with Crippen molar-refractivity contribution in [1.29, 1.82) is 0 Å². The topological polar surface area (TPSA) is 72.2 Å². The zero-order chi connectivity index (χ0) is 15.1. The normalized spacial score (nSPS) is 12.3. The molecule has 0 saturated carbocycles. The van der Waals surface area contributed by atoms with Crippen molar-refractivity contribution in [2.75, 3.05) is 19.7 Å². The third-order valence-electron chi connectivity index (χ3n) is 2.95. The van der Waals surface area contributed by atoms with Crippen molar-refractivity contribution >= 4 is 11.6 Å². The van der Waals surface area contributed by atoms with Crippen LogP contribution >= 0.6 is 11.6 Å². The molecule has 6 nitrogen and oxygen atoms in total. The summed E-state index contributed by atoms with van der Waals surface area (Å²) in [6.07, 6.45) is 1.85. The molecule has 0 aliphatic carbocycles. The summed E-state index contributed by atoms with van der Waals surface area (Å²) in [6, 6.07) is 7.11. The van der Waals surface area contributed by atoms with Crippen LogP contribution in [-0.2, 0) is 13.5 Å². The smallest absolute Gasteiger partial charge is 0.133 e. The lowest BCUT2D eigenvalue weighted by Gasteiger charge is -2.13. The minimum absolute atomic E-state index is 0.220. The average Bonchev–Trinajstić information content (AvgIpc) is 2.87. The van der Waals surface area contributed by atoms with Crippen LogP contribution in [0.5, 0.6) is 5.75 Å². The van der Waals surface area contributed by atoms with Gasteiger partial charge in [-0.25, -0.2) is 0 Å². The van der Waals surface area contributed by atoms with E-state index in [2.05, 4.69) is 15.5 Å². The van der Waals surface area contributed by atoms with Gasteiger partial charge in [-0.1, -0.05) is 17.7 Å². The van der Waals surface area contributed by atoms with Gasteiger partial charge in [-0.2, -0.15) is 0 Å². The number of aliphatic hydroxyl groups excluding tert-OH is 1. The van der Waals surface area contributed by atoms with Gasteiger partial charge in [-0.3, -0.25) is 0 Å². The van der Waals surface area contributed by atoms with Crippen molar-refractivity contribution in [2.24, 2.45) is 7.05 Å². The second-order valence-electron chi connectivity index (χ2n) is 4.73. The lowest BCUT2D eigenvalue weighted by molar-refractivity contribution is 0.106. The number of benzene rings is 1. The van der Waals surface area contributed by atoms with E-state index in [0.717, 1.165) is 18.8 Å². The first-order chi connectivity index (χ1) is 10.1. The Hall–Kier alpha value is -1.63. The quantitative estimate of drug-likeness (QED) is 0.713. The third kappa shape index (κ3) is 5.34. The second kappa shape index (κ2) is 7.97. The van der Waals surface area contributed by atoms with Crippen LogP contribution < -0.4 is 10.1 Å². The number of aromatic nitrogens is 3. The van der Waals surface area contributed by atoms with Gasteiger partial charge in [0.05, 0.1) is 0 Å². The summed E-state index contributed by atoms with van der Waals surface area (Å²) < 4.78 is 7.35. The van der Waals surface area contributed by atoms with Gasteiger partial charge in [0.15, 0.2) is 0 Å². The van der Waals surface area contributed by atoms with Crippen LogP contribution in [0.3, 0.4) is 0 Å². The highest BCUT2D eigenvalue weighted by molar-refractivity contribution is 6.30. The van der Waals surface area contributed by atoms with Crippen LogP contribution in [0.1, 0.15) is 5.82 Å². The Morgan fingerprint density at radius 1 is 1.48 bits per heavy atom. The molecule has 7 heteroatoms. The molecule has 0 amide bonds. The van der Waals surface area contributed by atoms with Crippen molar-refractivity contribution in [3.63, 3.8) is 0 Å². The largest absolute Gasteiger partial charge is 0.491 e. The van der Waals surface area contributed by atoms with E-state index in [4.69, 9.17) is 16.3 Å². The number of hydrogen-bond acceptors (Lipinski definition) is 5. The molecule has 0 radical (unpaired) electrons. The molecule has 1 heterocycles. The number of nitrogens with zero attached hydrogens (tertiary/aromatic N) is 3. The van der Waals surface area contributed by atoms with E-state index in [1.165, 1.54) is 0 Å². The molecular formula is C14H19ClN4O2. The number of hydrogen-bond donors (Lipinski definition) is 2. The van der Waals surface area contributed by atoms with Crippen LogP contribution in [0.2, 0.25) is 5.02 Å². The molecule has 1 unspecified atom stereocenters. The molecule has 2 rings (SSSR count). The highest BCUT2D eigenvalue weighted by Crippen LogP contribution is 2.17. The van der Waals surface area contributed by atoms with Crippen molar-refractivity contribution in [3.05, 3.63) is 41.4 Å². The van der Waals surface area contributed by atoms with Crippen LogP contribution in [0.25, 0.3) is 0 Å². The first-order valence-corrected chi connectivity index (χ1v) is 7.13. The maximum atomic E-state index is 9.84. The number of aryl methyl sites for hydroxylation is 1. The summed E-state index contributed by atoms with van der Waals surface area (Å²) in [5, 5.41) is 21.4. The molecule has 0 aliphatic heterocycles. The molecule has 0 aliphatic rings. The lowest BCUT2D eigenvalue weighted by atomic mass is 10.3. The Balaban J connectivity index is 1.61. The van der Waals surface area contributed by atoms with Crippen LogP contribution in [0.15, 0.2) is 30.6 Å². The molecule has 1 atom stereocenters. The second-order valence-corrected chi connectivity index (χ2v) is 5.17. The molecular weight excluding hydrogens is 292 g/mol. The summed E-state index contributed by atoms with van der Waals surface area (Å²) in [7, 11) is 1.91. The van der Waals surface area contributed by atoms with Gasteiger partial charge in [-0.05, 0) is 18.2 Å². The molecule has 2 aromatic rings. The molecule has 2 N–H and O–H groups in total. The standard InChI is InChI=1S/C14H19ClN4O2/c1-19-10-17-18-14(19)5-6-16-8-12(20)9-21-13-4-2-3-11(15)7-13/h2-4,7,10,12,16,20H,5-6,8-9H2,1H3. The van der Waals surface area contributed by atoms with Crippen LogP contribution in [-0.4, -0.2) is 45.7 Å². The number of ether oxygens (including phenoxy) is 1. The zero-order valence-electron chi connectivity index (χ0n) is 11.9. The van der Waals surface area contributed by atoms with E-state index in [-0.39, 0.29) is 6.61 Å². The summed E-state index contributed by atoms with van der Waals surface area (Å²) >= 11 is 5.86. The van der Waals surface area contributed by atoms with E-state index in [1.54, 1.807) is 24.5 Å². The Morgan fingerprint density at radius 3 is 3.05 bits per heavy atom. The van der Waals surface area contributed by atoms with Gasteiger partial charge >= 0.3 is 0 Å². The van der Waals surface area contributed by atoms with Gasteiger partial charge < -0.3 is 19.7 Å². The first kappa shape index (κ1) is 15.8. The van der Waals surface area contributed by atoms with Crippen molar-refractivity contribution < 1.29 is 9.84 Å². The monoisotopic (exact) mass is 310 g/mol. The van der Waals surface area contributed by atoms with Gasteiger partial charge in [0.1, 0.15) is 30.6 Å². The number of nitrogens with one attached hydrogen (secondary N) is 1.